The van der Waals surface area contributed by atoms with Crippen molar-refractivity contribution < 1.29 is 5.11 Å². The van der Waals surface area contributed by atoms with E-state index in [1.165, 1.54) is 12.8 Å². The molecule has 15 heavy (non-hydrogen) atoms. The van der Waals surface area contributed by atoms with Crippen molar-refractivity contribution in [1.29, 1.82) is 0 Å². The first kappa shape index (κ1) is 10.8. The summed E-state index contributed by atoms with van der Waals surface area (Å²) < 4.78 is 0. The van der Waals surface area contributed by atoms with Gasteiger partial charge in [-0.1, -0.05) is 11.6 Å². The van der Waals surface area contributed by atoms with E-state index in [-0.39, 0.29) is 0 Å². The van der Waals surface area contributed by atoms with Gasteiger partial charge in [-0.15, -0.1) is 0 Å². The zero-order chi connectivity index (χ0) is 10.8. The first-order valence-electron chi connectivity index (χ1n) is 5.38. The first-order chi connectivity index (χ1) is 7.16. The van der Waals surface area contributed by atoms with Crippen molar-refractivity contribution in [2.45, 2.75) is 32.2 Å². The van der Waals surface area contributed by atoms with Gasteiger partial charge in [0, 0.05) is 11.1 Å². The molecule has 2 nitrogen and oxygen atoms in total. The number of hydrogen-bond donors (Lipinski definition) is 2. The molecule has 0 aliphatic carbocycles. The number of aromatic hydroxyl groups is 1. The van der Waals surface area contributed by atoms with Gasteiger partial charge in [-0.25, -0.2) is 0 Å². The fourth-order valence-electron chi connectivity index (χ4n) is 2.17. The van der Waals surface area contributed by atoms with Crippen LogP contribution in [0.15, 0.2) is 12.1 Å². The Kier molecular flexibility index (Phi) is 3.17. The zero-order valence-electron chi connectivity index (χ0n) is 8.89. The highest BCUT2D eigenvalue weighted by molar-refractivity contribution is 6.32. The van der Waals surface area contributed by atoms with E-state index in [0.717, 1.165) is 29.1 Å². The number of phenols is 1. The average Bonchev–Trinajstić information content (AvgIpc) is 2.66. The van der Waals surface area contributed by atoms with E-state index >= 15 is 0 Å². The summed E-state index contributed by atoms with van der Waals surface area (Å²) in [5.41, 5.74) is 2.00. The lowest BCUT2D eigenvalue weighted by molar-refractivity contribution is 0.473. The van der Waals surface area contributed by atoms with E-state index in [1.807, 2.05) is 6.92 Å². The highest BCUT2D eigenvalue weighted by Gasteiger charge is 2.16. The van der Waals surface area contributed by atoms with Crippen LogP contribution in [0.5, 0.6) is 5.75 Å². The number of phenolic OH excluding ortho intramolecular Hbond substituents is 1. The number of halogens is 1. The van der Waals surface area contributed by atoms with Crippen LogP contribution in [0.2, 0.25) is 5.02 Å². The second-order valence-electron chi connectivity index (χ2n) is 4.23. The Morgan fingerprint density at radius 3 is 3.00 bits per heavy atom. The number of aryl methyl sites for hydroxylation is 1. The Labute approximate surface area is 95.3 Å². The van der Waals surface area contributed by atoms with Crippen molar-refractivity contribution in [2.24, 2.45) is 0 Å². The Bertz CT molecular complexity index is 359. The summed E-state index contributed by atoms with van der Waals surface area (Å²) in [6, 6.07) is 3.99. The average molecular weight is 226 g/mol. The highest BCUT2D eigenvalue weighted by Crippen LogP contribution is 2.27. The van der Waals surface area contributed by atoms with Gasteiger partial charge in [0.05, 0.1) is 0 Å². The molecule has 1 aliphatic rings. The van der Waals surface area contributed by atoms with Gasteiger partial charge in [0.2, 0.25) is 0 Å². The van der Waals surface area contributed by atoms with Crippen LogP contribution in [0, 0.1) is 6.92 Å². The lowest BCUT2D eigenvalue weighted by Gasteiger charge is -2.13. The van der Waals surface area contributed by atoms with E-state index in [1.54, 1.807) is 12.1 Å². The van der Waals surface area contributed by atoms with Crippen molar-refractivity contribution >= 4 is 11.6 Å². The Balaban J connectivity index is 2.19. The minimum atomic E-state index is 0.310. The number of benzene rings is 1. The molecule has 1 saturated heterocycles. The highest BCUT2D eigenvalue weighted by atomic mass is 35.5. The molecule has 82 valence electrons. The van der Waals surface area contributed by atoms with Crippen LogP contribution in [0.1, 0.15) is 24.0 Å². The molecule has 1 fully saturated rings. The zero-order valence-corrected chi connectivity index (χ0v) is 9.64. The fraction of sp³-hybridized carbons (Fsp3) is 0.500. The van der Waals surface area contributed by atoms with E-state index in [9.17, 15) is 5.11 Å². The quantitative estimate of drug-likeness (QED) is 0.811. The summed E-state index contributed by atoms with van der Waals surface area (Å²) in [5.74, 6) is 0.310. The van der Waals surface area contributed by atoms with E-state index < -0.39 is 0 Å². The largest absolute Gasteiger partial charge is 0.508 e. The lowest BCUT2D eigenvalue weighted by Crippen LogP contribution is -2.23. The van der Waals surface area contributed by atoms with E-state index in [4.69, 9.17) is 11.6 Å². The molecule has 0 radical (unpaired) electrons. The smallest absolute Gasteiger partial charge is 0.116 e. The van der Waals surface area contributed by atoms with Crippen LogP contribution in [0.25, 0.3) is 0 Å². The molecular weight excluding hydrogens is 210 g/mol. The molecule has 2 N–H and O–H groups in total. The molecule has 1 aromatic rings. The Morgan fingerprint density at radius 2 is 2.33 bits per heavy atom. The van der Waals surface area contributed by atoms with Gasteiger partial charge < -0.3 is 10.4 Å². The van der Waals surface area contributed by atoms with E-state index in [0.29, 0.717) is 11.8 Å². The molecule has 0 aromatic heterocycles. The monoisotopic (exact) mass is 225 g/mol. The second-order valence-corrected chi connectivity index (χ2v) is 4.61. The molecule has 0 saturated carbocycles. The molecule has 1 unspecified atom stereocenters. The topological polar surface area (TPSA) is 32.3 Å². The van der Waals surface area contributed by atoms with Gasteiger partial charge in [-0.05, 0) is 56.0 Å². The summed E-state index contributed by atoms with van der Waals surface area (Å²) in [4.78, 5) is 0. The number of hydrogen-bond acceptors (Lipinski definition) is 2. The third kappa shape index (κ3) is 2.44. The number of nitrogens with one attached hydrogen (secondary N) is 1. The van der Waals surface area contributed by atoms with Crippen LogP contribution >= 0.6 is 11.6 Å². The Hall–Kier alpha value is -0.730. The van der Waals surface area contributed by atoms with Crippen molar-refractivity contribution in [3.63, 3.8) is 0 Å². The van der Waals surface area contributed by atoms with Crippen LogP contribution in [-0.4, -0.2) is 17.7 Å². The molecule has 0 bridgehead atoms. The molecule has 0 spiro atoms. The van der Waals surface area contributed by atoms with Crippen LogP contribution in [0.3, 0.4) is 0 Å². The lowest BCUT2D eigenvalue weighted by atomic mass is 10.0. The second kappa shape index (κ2) is 4.42. The maximum atomic E-state index is 9.51. The van der Waals surface area contributed by atoms with Crippen LogP contribution < -0.4 is 5.32 Å². The minimum absolute atomic E-state index is 0.310. The SMILES string of the molecule is Cc1cc(O)cc(CC2CCCN2)c1Cl. The summed E-state index contributed by atoms with van der Waals surface area (Å²) in [7, 11) is 0. The van der Waals surface area contributed by atoms with Gasteiger partial charge in [0.25, 0.3) is 0 Å². The summed E-state index contributed by atoms with van der Waals surface area (Å²) in [6.45, 7) is 3.02. The standard InChI is InChI=1S/C12H16ClNO/c1-8-5-11(15)7-9(12(8)13)6-10-3-2-4-14-10/h5,7,10,14-15H,2-4,6H2,1H3. The van der Waals surface area contributed by atoms with Crippen molar-refractivity contribution in [3.8, 4) is 5.75 Å². The molecule has 2 rings (SSSR count). The molecule has 1 aromatic carbocycles. The molecule has 1 heterocycles. The summed E-state index contributed by atoms with van der Waals surface area (Å²) >= 11 is 6.20. The van der Waals surface area contributed by atoms with Crippen molar-refractivity contribution in [1.82, 2.24) is 5.32 Å². The van der Waals surface area contributed by atoms with Crippen LogP contribution in [-0.2, 0) is 6.42 Å². The van der Waals surface area contributed by atoms with Crippen molar-refractivity contribution in [3.05, 3.63) is 28.3 Å². The number of rotatable bonds is 2. The van der Waals surface area contributed by atoms with Gasteiger partial charge in [-0.2, -0.15) is 0 Å². The molecule has 1 atom stereocenters. The summed E-state index contributed by atoms with van der Waals surface area (Å²) in [5, 5.41) is 13.7. The normalized spacial score (nSPS) is 20.8. The van der Waals surface area contributed by atoms with Gasteiger partial charge in [-0.3, -0.25) is 0 Å². The van der Waals surface area contributed by atoms with Gasteiger partial charge in [0.15, 0.2) is 0 Å². The Morgan fingerprint density at radius 1 is 1.53 bits per heavy atom. The van der Waals surface area contributed by atoms with E-state index in [2.05, 4.69) is 5.32 Å². The first-order valence-corrected chi connectivity index (χ1v) is 5.76. The molecule has 1 aliphatic heterocycles. The third-order valence-corrected chi connectivity index (χ3v) is 3.48. The molecule has 3 heteroatoms. The van der Waals surface area contributed by atoms with Crippen LogP contribution in [0.4, 0.5) is 0 Å². The maximum Gasteiger partial charge on any atom is 0.116 e. The minimum Gasteiger partial charge on any atom is -0.508 e. The summed E-state index contributed by atoms with van der Waals surface area (Å²) in [6.07, 6.45) is 3.35. The maximum absolute atomic E-state index is 9.51. The third-order valence-electron chi connectivity index (χ3n) is 2.94. The molecular formula is C12H16ClNO. The predicted molar refractivity (Wildman–Crippen MR) is 62.6 cm³/mol. The van der Waals surface area contributed by atoms with Crippen molar-refractivity contribution in [2.75, 3.05) is 6.54 Å². The predicted octanol–water partition coefficient (Wildman–Crippen LogP) is 2.65. The van der Waals surface area contributed by atoms with Gasteiger partial charge >= 0.3 is 0 Å². The molecule has 0 amide bonds. The van der Waals surface area contributed by atoms with Gasteiger partial charge in [0.1, 0.15) is 5.75 Å². The fourth-order valence-corrected chi connectivity index (χ4v) is 2.35.